The predicted molar refractivity (Wildman–Crippen MR) is 71.1 cm³/mol. The number of rotatable bonds is 9. The van der Waals surface area contributed by atoms with E-state index in [1.54, 1.807) is 0 Å². The maximum Gasteiger partial charge on any atom is 0.306 e. The second-order valence-corrected chi connectivity index (χ2v) is 5.44. The van der Waals surface area contributed by atoms with Crippen molar-refractivity contribution < 1.29 is 15.1 Å². The Hall–Kier alpha value is -1.51. The van der Waals surface area contributed by atoms with Crippen molar-refractivity contribution in [3.05, 3.63) is 22.5 Å². The highest BCUT2D eigenvalue weighted by Crippen LogP contribution is 2.47. The van der Waals surface area contributed by atoms with Crippen molar-refractivity contribution in [3.8, 4) is 0 Å². The van der Waals surface area contributed by atoms with Crippen molar-refractivity contribution in [2.45, 2.75) is 31.9 Å². The summed E-state index contributed by atoms with van der Waals surface area (Å²) in [6, 6.07) is 0. The Morgan fingerprint density at radius 3 is 2.90 bits per heavy atom. The lowest BCUT2D eigenvalue weighted by Crippen LogP contribution is -2.34. The molecule has 0 amide bonds. The lowest BCUT2D eigenvalue weighted by molar-refractivity contribution is -0.385. The molecule has 0 radical (unpaired) electrons. The Balaban J connectivity index is 1.69. The van der Waals surface area contributed by atoms with Gasteiger partial charge in [0, 0.05) is 19.7 Å². The number of aliphatic hydroxyl groups excluding tert-OH is 2. The van der Waals surface area contributed by atoms with Crippen LogP contribution in [0.1, 0.15) is 19.3 Å². The van der Waals surface area contributed by atoms with Gasteiger partial charge in [-0.25, -0.2) is 0 Å². The third kappa shape index (κ3) is 3.99. The fraction of sp³-hybridized carbons (Fsp3) is 0.750. The van der Waals surface area contributed by atoms with E-state index in [1.807, 2.05) is 0 Å². The van der Waals surface area contributed by atoms with E-state index in [9.17, 15) is 15.2 Å². The normalized spacial score (nSPS) is 17.9. The quantitative estimate of drug-likeness (QED) is 0.431. The van der Waals surface area contributed by atoms with Crippen LogP contribution in [0.5, 0.6) is 0 Å². The molecule has 1 heterocycles. The molecule has 112 valence electrons. The van der Waals surface area contributed by atoms with Gasteiger partial charge >= 0.3 is 5.69 Å². The predicted octanol–water partition coefficient (Wildman–Crippen LogP) is -0.0956. The molecule has 3 N–H and O–H groups in total. The SMILES string of the molecule is O=[N+]([O-])c1cnn(CC(O)CNCC2(CCO)CC2)c1. The highest BCUT2D eigenvalue weighted by Gasteiger charge is 2.41. The first-order valence-electron chi connectivity index (χ1n) is 6.71. The molecule has 20 heavy (non-hydrogen) atoms. The van der Waals surface area contributed by atoms with Crippen molar-refractivity contribution in [1.82, 2.24) is 15.1 Å². The summed E-state index contributed by atoms with van der Waals surface area (Å²) in [5.74, 6) is 0. The fourth-order valence-corrected chi connectivity index (χ4v) is 2.26. The van der Waals surface area contributed by atoms with Gasteiger partial charge in [0.25, 0.3) is 0 Å². The van der Waals surface area contributed by atoms with Gasteiger partial charge in [-0.15, -0.1) is 0 Å². The number of hydrogen-bond donors (Lipinski definition) is 3. The number of hydrogen-bond acceptors (Lipinski definition) is 6. The molecule has 1 aliphatic rings. The first-order valence-corrected chi connectivity index (χ1v) is 6.71. The molecule has 0 aromatic carbocycles. The molecule has 2 rings (SSSR count). The number of nitrogens with one attached hydrogen (secondary N) is 1. The number of aromatic nitrogens is 2. The lowest BCUT2D eigenvalue weighted by atomic mass is 10.0. The van der Waals surface area contributed by atoms with Gasteiger partial charge in [0.05, 0.1) is 17.6 Å². The van der Waals surface area contributed by atoms with Gasteiger partial charge in [-0.3, -0.25) is 14.8 Å². The zero-order valence-corrected chi connectivity index (χ0v) is 11.2. The summed E-state index contributed by atoms with van der Waals surface area (Å²) >= 11 is 0. The zero-order valence-electron chi connectivity index (χ0n) is 11.2. The van der Waals surface area contributed by atoms with Crippen LogP contribution in [0.4, 0.5) is 5.69 Å². The first kappa shape index (κ1) is 14.9. The minimum atomic E-state index is -0.653. The molecular formula is C12H20N4O4. The Bertz CT molecular complexity index is 458. The van der Waals surface area contributed by atoms with Crippen LogP contribution < -0.4 is 5.32 Å². The second kappa shape index (κ2) is 6.29. The molecule has 1 unspecified atom stereocenters. The molecule has 1 aromatic heterocycles. The Morgan fingerprint density at radius 2 is 2.35 bits per heavy atom. The summed E-state index contributed by atoms with van der Waals surface area (Å²) in [6.45, 7) is 1.60. The number of aliphatic hydroxyl groups is 2. The molecule has 1 aromatic rings. The maximum atomic E-state index is 10.5. The fourth-order valence-electron chi connectivity index (χ4n) is 2.26. The van der Waals surface area contributed by atoms with Crippen molar-refractivity contribution in [2.24, 2.45) is 5.41 Å². The van der Waals surface area contributed by atoms with Crippen LogP contribution in [0, 0.1) is 15.5 Å². The van der Waals surface area contributed by atoms with Crippen molar-refractivity contribution in [2.75, 3.05) is 19.7 Å². The molecule has 1 aliphatic carbocycles. The highest BCUT2D eigenvalue weighted by atomic mass is 16.6. The van der Waals surface area contributed by atoms with Gasteiger partial charge in [-0.1, -0.05) is 0 Å². The smallest absolute Gasteiger partial charge is 0.306 e. The summed E-state index contributed by atoms with van der Waals surface area (Å²) in [5.41, 5.74) is 0.129. The van der Waals surface area contributed by atoms with Crippen LogP contribution in [-0.4, -0.2) is 50.7 Å². The van der Waals surface area contributed by atoms with Gasteiger partial charge in [0.15, 0.2) is 0 Å². The summed E-state index contributed by atoms with van der Waals surface area (Å²) in [4.78, 5) is 9.99. The van der Waals surface area contributed by atoms with E-state index in [2.05, 4.69) is 10.4 Å². The molecule has 0 bridgehead atoms. The molecule has 8 nitrogen and oxygen atoms in total. The zero-order chi connectivity index (χ0) is 14.6. The largest absolute Gasteiger partial charge is 0.396 e. The van der Waals surface area contributed by atoms with Crippen LogP contribution >= 0.6 is 0 Å². The molecule has 1 fully saturated rings. The topological polar surface area (TPSA) is 113 Å². The van der Waals surface area contributed by atoms with Crippen molar-refractivity contribution >= 4 is 5.69 Å². The second-order valence-electron chi connectivity index (χ2n) is 5.44. The van der Waals surface area contributed by atoms with Crippen molar-refractivity contribution in [1.29, 1.82) is 0 Å². The van der Waals surface area contributed by atoms with Crippen LogP contribution in [-0.2, 0) is 6.54 Å². The van der Waals surface area contributed by atoms with Crippen LogP contribution in [0.2, 0.25) is 0 Å². The van der Waals surface area contributed by atoms with Crippen LogP contribution in [0.3, 0.4) is 0 Å². The van der Waals surface area contributed by atoms with E-state index in [-0.39, 0.29) is 24.3 Å². The summed E-state index contributed by atoms with van der Waals surface area (Å²) in [6.07, 6.45) is 4.84. The van der Waals surface area contributed by atoms with E-state index >= 15 is 0 Å². The number of nitrogens with zero attached hydrogens (tertiary/aromatic N) is 3. The molecule has 0 saturated heterocycles. The van der Waals surface area contributed by atoms with E-state index in [0.717, 1.165) is 25.8 Å². The minimum Gasteiger partial charge on any atom is -0.396 e. The van der Waals surface area contributed by atoms with Crippen molar-refractivity contribution in [3.63, 3.8) is 0 Å². The third-order valence-corrected chi connectivity index (χ3v) is 3.71. The monoisotopic (exact) mass is 284 g/mol. The standard InChI is InChI=1S/C12H20N4O4/c17-4-3-12(1-2-12)9-13-6-11(18)8-15-7-10(5-14-15)16(19)20/h5,7,11,13,17-18H,1-4,6,8-9H2. The Morgan fingerprint density at radius 1 is 1.60 bits per heavy atom. The lowest BCUT2D eigenvalue weighted by Gasteiger charge is -2.17. The van der Waals surface area contributed by atoms with Gasteiger partial charge in [0.2, 0.25) is 0 Å². The maximum absolute atomic E-state index is 10.5. The summed E-state index contributed by atoms with van der Waals surface area (Å²) in [7, 11) is 0. The Kier molecular flexibility index (Phi) is 4.69. The van der Waals surface area contributed by atoms with E-state index in [0.29, 0.717) is 6.54 Å². The molecule has 1 atom stereocenters. The third-order valence-electron chi connectivity index (χ3n) is 3.71. The Labute approximate surface area is 116 Å². The average Bonchev–Trinajstić information content (AvgIpc) is 2.98. The van der Waals surface area contributed by atoms with Gasteiger partial charge in [0.1, 0.15) is 12.4 Å². The van der Waals surface area contributed by atoms with Gasteiger partial charge < -0.3 is 15.5 Å². The first-order chi connectivity index (χ1) is 9.54. The van der Waals surface area contributed by atoms with E-state index in [4.69, 9.17) is 5.11 Å². The highest BCUT2D eigenvalue weighted by molar-refractivity contribution is 5.20. The van der Waals surface area contributed by atoms with Crippen LogP contribution in [0.15, 0.2) is 12.4 Å². The van der Waals surface area contributed by atoms with Gasteiger partial charge in [-0.05, 0) is 24.7 Å². The minimum absolute atomic E-state index is 0.0787. The molecule has 8 heteroatoms. The molecular weight excluding hydrogens is 264 g/mol. The van der Waals surface area contributed by atoms with Gasteiger partial charge in [-0.2, -0.15) is 5.10 Å². The van der Waals surface area contributed by atoms with E-state index in [1.165, 1.54) is 17.1 Å². The molecule has 0 spiro atoms. The van der Waals surface area contributed by atoms with Crippen LogP contribution in [0.25, 0.3) is 0 Å². The summed E-state index contributed by atoms with van der Waals surface area (Å²) in [5, 5.41) is 36.3. The summed E-state index contributed by atoms with van der Waals surface area (Å²) < 4.78 is 1.37. The average molecular weight is 284 g/mol. The van der Waals surface area contributed by atoms with E-state index < -0.39 is 11.0 Å². The number of nitro groups is 1. The molecule has 0 aliphatic heterocycles. The molecule has 1 saturated carbocycles.